The molecular formula is C12H46N2Si9. The van der Waals surface area contributed by atoms with Gasteiger partial charge in [0.05, 0.1) is 0 Å². The molecule has 140 valence electrons. The van der Waals surface area contributed by atoms with Gasteiger partial charge in [0.25, 0.3) is 0 Å². The molecule has 11 heteroatoms. The zero-order chi connectivity index (χ0) is 18.7. The van der Waals surface area contributed by atoms with Crippen molar-refractivity contribution in [3.63, 3.8) is 0 Å². The van der Waals surface area contributed by atoms with Crippen molar-refractivity contribution in [1.82, 2.24) is 9.13 Å². The summed E-state index contributed by atoms with van der Waals surface area (Å²) in [6.07, 6.45) is -1.19. The Balaban J connectivity index is 6.06. The Morgan fingerprint density at radius 3 is 1.09 bits per heavy atom. The van der Waals surface area contributed by atoms with E-state index in [0.29, 0.717) is 8.55 Å². The fourth-order valence-corrected chi connectivity index (χ4v) is 370. The first kappa shape index (κ1) is 24.9. The van der Waals surface area contributed by atoms with Crippen LogP contribution >= 0.6 is 0 Å². The van der Waals surface area contributed by atoms with Crippen molar-refractivity contribution in [2.75, 3.05) is 0 Å². The molecule has 23 heavy (non-hydrogen) atoms. The van der Waals surface area contributed by atoms with E-state index in [4.69, 9.17) is 0 Å². The van der Waals surface area contributed by atoms with Gasteiger partial charge < -0.3 is 9.13 Å². The van der Waals surface area contributed by atoms with Crippen LogP contribution in [0.15, 0.2) is 0 Å². The number of hydrogen-bond acceptors (Lipinski definition) is 2. The van der Waals surface area contributed by atoms with Crippen molar-refractivity contribution in [1.29, 1.82) is 0 Å². The fraction of sp³-hybridized carbons (Fsp3) is 1.00. The molecule has 0 radical (unpaired) electrons. The minimum absolute atomic E-state index is 0.381. The smallest absolute Gasteiger partial charge is 0.166 e. The van der Waals surface area contributed by atoms with Crippen LogP contribution in [0.1, 0.15) is 55.4 Å². The highest BCUT2D eigenvalue weighted by atomic mass is 30.3. The first-order valence-electron chi connectivity index (χ1n) is 9.66. The van der Waals surface area contributed by atoms with Gasteiger partial charge in [0.15, 0.2) is 8.64 Å². The number of rotatable bonds is 9. The molecule has 2 nitrogen and oxygen atoms in total. The third-order valence-electron chi connectivity index (χ3n) is 4.63. The van der Waals surface area contributed by atoms with Crippen LogP contribution in [-0.2, 0) is 0 Å². The minimum atomic E-state index is -0.912. The second kappa shape index (κ2) is 9.70. The molecule has 0 N–H and O–H groups in total. The standard InChI is InChI=1S/C12H46N2Si9/c1-9(2)13(10(3)4)21(14(11(5)6)12(7)8)23(18,19)20-22(15,16)17/h9-12,21H,20H2,1-8,15-19H3. The maximum atomic E-state index is 3.10. The molecule has 0 fully saturated rings. The summed E-state index contributed by atoms with van der Waals surface area (Å²) in [4.78, 5) is 0. The van der Waals surface area contributed by atoms with Crippen LogP contribution in [0.25, 0.3) is 0 Å². The Kier molecular flexibility index (Phi) is 10.5. The van der Waals surface area contributed by atoms with E-state index in [9.17, 15) is 0 Å². The third kappa shape index (κ3) is 7.96. The summed E-state index contributed by atoms with van der Waals surface area (Å²) in [6, 6.07) is 3.01. The molecule has 0 aliphatic heterocycles. The maximum Gasteiger partial charge on any atom is 0.166 e. The summed E-state index contributed by atoms with van der Waals surface area (Å²) < 4.78 is 6.20. The molecular weight excluding hydrogens is 425 g/mol. The first-order valence-corrected chi connectivity index (χ1v) is 38.7. The summed E-state index contributed by atoms with van der Waals surface area (Å²) in [5, 5.41) is 0. The summed E-state index contributed by atoms with van der Waals surface area (Å²) in [5.41, 5.74) is 0. The summed E-state index contributed by atoms with van der Waals surface area (Å²) in [6.45, 7) is 19.9. The minimum Gasteiger partial charge on any atom is -0.312 e. The second-order valence-electron chi connectivity index (χ2n) is 10.4. The predicted molar refractivity (Wildman–Crippen MR) is 141 cm³/mol. The van der Waals surface area contributed by atoms with Crippen LogP contribution in [0.3, 0.4) is 0 Å². The summed E-state index contributed by atoms with van der Waals surface area (Å²) >= 11 is 0. The van der Waals surface area contributed by atoms with Crippen molar-refractivity contribution in [3.05, 3.63) is 0 Å². The van der Waals surface area contributed by atoms with Crippen molar-refractivity contribution < 1.29 is 0 Å². The van der Waals surface area contributed by atoms with E-state index in [2.05, 4.69) is 64.5 Å². The van der Waals surface area contributed by atoms with Gasteiger partial charge in [-0.3, -0.25) is 0 Å². The Labute approximate surface area is 166 Å². The van der Waals surface area contributed by atoms with E-state index in [1.54, 1.807) is 48.8 Å². The molecule has 0 saturated heterocycles. The van der Waals surface area contributed by atoms with Crippen LogP contribution in [0.5, 0.6) is 0 Å². The molecule has 0 amide bonds. The van der Waals surface area contributed by atoms with Gasteiger partial charge in [-0.25, -0.2) is 0 Å². The van der Waals surface area contributed by atoms with E-state index in [1.165, 1.54) is 0 Å². The molecule has 0 aromatic heterocycles. The SMILES string of the molecule is CC(C)N(C(C)C)[SiH](N(C(C)C)C(C)C)[Si]([SiH3])([SiH3])[SiH2][Si]([SiH3])([SiH3])[SiH3]. The quantitative estimate of drug-likeness (QED) is 0.311. The fourth-order valence-electron chi connectivity index (χ4n) is 4.74. The maximum absolute atomic E-state index is 3.10. The van der Waals surface area contributed by atoms with Crippen molar-refractivity contribution in [2.24, 2.45) is 0 Å². The van der Waals surface area contributed by atoms with Gasteiger partial charge >= 0.3 is 0 Å². The molecule has 0 aliphatic rings. The average molecular weight is 471 g/mol. The second-order valence-corrected chi connectivity index (χ2v) is 137. The first-order chi connectivity index (χ1) is 10.1. The van der Waals surface area contributed by atoms with Crippen LogP contribution in [-0.4, -0.2) is 112 Å². The van der Waals surface area contributed by atoms with Gasteiger partial charge in [-0.1, -0.05) is 55.4 Å². The Bertz CT molecular complexity index is 319. The number of nitrogens with zero attached hydrogens (tertiary/aromatic N) is 2. The molecule has 0 aliphatic carbocycles. The molecule has 0 aromatic rings. The summed E-state index contributed by atoms with van der Waals surface area (Å²) in [7, 11) is 7.75. The van der Waals surface area contributed by atoms with Crippen LogP contribution in [0, 0.1) is 0 Å². The van der Waals surface area contributed by atoms with E-state index < -0.39 is 20.9 Å². The van der Waals surface area contributed by atoms with Gasteiger partial charge in [0, 0.05) is 6.14 Å². The zero-order valence-corrected chi connectivity index (χ0v) is 33.1. The van der Waals surface area contributed by atoms with Gasteiger partial charge in [-0.05, 0) is 87.7 Å². The molecule has 0 heterocycles. The topological polar surface area (TPSA) is 6.48 Å². The molecule has 0 rings (SSSR count). The van der Waals surface area contributed by atoms with Gasteiger partial charge in [-0.2, -0.15) is 0 Å². The average Bonchev–Trinajstić information content (AvgIpc) is 2.22. The molecule has 0 saturated carbocycles. The van der Waals surface area contributed by atoms with Gasteiger partial charge in [0.1, 0.15) is 0 Å². The largest absolute Gasteiger partial charge is 0.312 e. The van der Waals surface area contributed by atoms with Crippen molar-refractivity contribution >= 4 is 78.3 Å². The lowest BCUT2D eigenvalue weighted by Gasteiger charge is -2.53. The van der Waals surface area contributed by atoms with Crippen LogP contribution in [0.4, 0.5) is 0 Å². The lowest BCUT2D eigenvalue weighted by Crippen LogP contribution is -2.80. The van der Waals surface area contributed by atoms with E-state index >= 15 is 0 Å². The number of hydrogen-bond donors (Lipinski definition) is 0. The predicted octanol–water partition coefficient (Wildman–Crippen LogP) is -5.11. The lowest BCUT2D eigenvalue weighted by molar-refractivity contribution is 0.231. The lowest BCUT2D eigenvalue weighted by atomic mass is 10.3. The van der Waals surface area contributed by atoms with E-state index in [0.717, 1.165) is 24.2 Å². The van der Waals surface area contributed by atoms with E-state index in [-0.39, 0.29) is 0 Å². The highest BCUT2D eigenvalue weighted by Crippen LogP contribution is 2.21. The molecule has 0 aromatic carbocycles. The Morgan fingerprint density at radius 2 is 0.913 bits per heavy atom. The van der Waals surface area contributed by atoms with E-state index in [1.807, 2.05) is 0 Å². The van der Waals surface area contributed by atoms with Crippen LogP contribution in [0.2, 0.25) is 0 Å². The Morgan fingerprint density at radius 1 is 0.652 bits per heavy atom. The normalized spacial score (nSPS) is 20.0. The summed E-state index contributed by atoms with van der Waals surface area (Å²) in [5.74, 6) is 0. The zero-order valence-electron chi connectivity index (χ0n) is 18.5. The molecule has 0 bridgehead atoms. The van der Waals surface area contributed by atoms with Crippen molar-refractivity contribution in [2.45, 2.75) is 79.6 Å². The molecule has 0 unspecified atom stereocenters. The Hall–Kier alpha value is 1.87. The van der Waals surface area contributed by atoms with Gasteiger partial charge in [0.2, 0.25) is 0 Å². The van der Waals surface area contributed by atoms with Crippen molar-refractivity contribution in [3.8, 4) is 0 Å². The molecule has 0 atom stereocenters. The third-order valence-corrected chi connectivity index (χ3v) is 107. The highest BCUT2D eigenvalue weighted by Gasteiger charge is 2.46. The highest BCUT2D eigenvalue weighted by molar-refractivity contribution is 8.02. The van der Waals surface area contributed by atoms with Crippen LogP contribution < -0.4 is 0 Å². The molecule has 0 spiro atoms. The monoisotopic (exact) mass is 470 g/mol. The van der Waals surface area contributed by atoms with Gasteiger partial charge in [-0.15, -0.1) is 0 Å².